The molecule has 0 aliphatic carbocycles. The summed E-state index contributed by atoms with van der Waals surface area (Å²) >= 11 is 0. The Balaban J connectivity index is 0. The maximum absolute atomic E-state index is 12.8. The van der Waals surface area contributed by atoms with Crippen LogP contribution in [-0.4, -0.2) is 86.0 Å². The Hall–Kier alpha value is -1.20. The van der Waals surface area contributed by atoms with Crippen LogP contribution in [0, 0.1) is 5.41 Å². The van der Waals surface area contributed by atoms with Crippen molar-refractivity contribution in [1.82, 2.24) is 0 Å². The van der Waals surface area contributed by atoms with Gasteiger partial charge in [-0.1, -0.05) is 32.9 Å². The Morgan fingerprint density at radius 3 is 1.77 bits per heavy atom. The zero-order chi connectivity index (χ0) is 22.7. The van der Waals surface area contributed by atoms with Crippen molar-refractivity contribution in [3.63, 3.8) is 0 Å². The van der Waals surface area contributed by atoms with Crippen molar-refractivity contribution in [3.8, 4) is 0 Å². The van der Waals surface area contributed by atoms with E-state index in [4.69, 9.17) is 18.8 Å². The average Bonchev–Trinajstić information content (AvgIpc) is 2.63. The molecule has 30 heavy (non-hydrogen) atoms. The van der Waals surface area contributed by atoms with E-state index in [2.05, 4.69) is 13.2 Å². The molecule has 0 aromatic heterocycles. The predicted molar refractivity (Wildman–Crippen MR) is 113 cm³/mol. The van der Waals surface area contributed by atoms with Crippen molar-refractivity contribution < 1.29 is 41.6 Å². The van der Waals surface area contributed by atoms with Crippen molar-refractivity contribution in [3.05, 3.63) is 24.3 Å². The van der Waals surface area contributed by atoms with Crippen LogP contribution in [0.5, 0.6) is 0 Å². The van der Waals surface area contributed by atoms with Gasteiger partial charge in [-0.25, -0.2) is 9.59 Å². The molecule has 11 heteroatoms. The van der Waals surface area contributed by atoms with Gasteiger partial charge in [0.15, 0.2) is 0 Å². The number of hydrogen-bond acceptors (Lipinski definition) is 8. The molecule has 9 nitrogen and oxygen atoms in total. The van der Waals surface area contributed by atoms with Gasteiger partial charge in [-0.15, -0.1) is 0 Å². The van der Waals surface area contributed by atoms with E-state index in [0.717, 1.165) is 0 Å². The molecule has 0 aromatic rings. The molecule has 0 aliphatic rings. The molecule has 0 saturated carbocycles. The van der Waals surface area contributed by atoms with E-state index in [9.17, 15) is 22.8 Å². The fourth-order valence-electron chi connectivity index (χ4n) is 2.13. The fraction of sp³-hybridized carbons (Fsp3) is 0.632. The van der Waals surface area contributed by atoms with Crippen LogP contribution in [0.3, 0.4) is 0 Å². The summed E-state index contributed by atoms with van der Waals surface area (Å²) in [6, 6.07) is 0. The van der Waals surface area contributed by atoms with Gasteiger partial charge in [0.25, 0.3) is 10.1 Å². The van der Waals surface area contributed by atoms with Crippen molar-refractivity contribution in [1.29, 1.82) is 0 Å². The van der Waals surface area contributed by atoms with Gasteiger partial charge in [0.2, 0.25) is 0 Å². The number of unbranched alkanes of at least 4 members (excludes halogenated alkanes) is 1. The van der Waals surface area contributed by atoms with E-state index in [1.165, 1.54) is 13.8 Å². The van der Waals surface area contributed by atoms with E-state index in [-0.39, 0.29) is 60.2 Å². The van der Waals surface area contributed by atoms with Crippen LogP contribution >= 0.6 is 0 Å². The first kappa shape index (κ1) is 31.0. The molecule has 1 N–H and O–H groups in total. The van der Waals surface area contributed by atoms with Crippen molar-refractivity contribution in [2.45, 2.75) is 46.5 Å². The third-order valence-corrected chi connectivity index (χ3v) is 4.68. The van der Waals surface area contributed by atoms with Crippen LogP contribution in [0.25, 0.3) is 0 Å². The zero-order valence-electron chi connectivity index (χ0n) is 17.2. The maximum atomic E-state index is 12.8. The topological polar surface area (TPSA) is 133 Å². The number of carbonyl (C=O) groups excluding carboxylic acids is 3. The molecule has 168 valence electrons. The van der Waals surface area contributed by atoms with Crippen LogP contribution in [0.1, 0.15) is 46.5 Å². The molecular formula is C19H31NaO9S. The summed E-state index contributed by atoms with van der Waals surface area (Å²) in [5.74, 6) is -2.80. The molecular weight excluding hydrogens is 427 g/mol. The molecule has 0 fully saturated rings. The molecule has 0 rings (SSSR count). The number of carbonyl (C=O) groups is 3. The minimum atomic E-state index is -4.18. The van der Waals surface area contributed by atoms with Gasteiger partial charge < -0.3 is 14.2 Å². The minimum absolute atomic E-state index is 0. The first-order valence-corrected chi connectivity index (χ1v) is 10.7. The van der Waals surface area contributed by atoms with E-state index in [1.54, 1.807) is 0 Å². The van der Waals surface area contributed by atoms with E-state index in [1.807, 2.05) is 6.92 Å². The van der Waals surface area contributed by atoms with Crippen LogP contribution in [0.15, 0.2) is 24.3 Å². The van der Waals surface area contributed by atoms with E-state index < -0.39 is 52.4 Å². The second-order valence-electron chi connectivity index (χ2n) is 6.87. The quantitative estimate of drug-likeness (QED) is 0.103. The number of hydrogen-bond donors (Lipinski definition) is 1. The number of esters is 3. The Morgan fingerprint density at radius 2 is 1.40 bits per heavy atom. The number of ether oxygens (including phenoxy) is 3. The molecule has 0 amide bonds. The summed E-state index contributed by atoms with van der Waals surface area (Å²) in [6.45, 7) is 10.7. The monoisotopic (exact) mass is 458 g/mol. The summed E-state index contributed by atoms with van der Waals surface area (Å²) in [7, 11) is -4.18. The van der Waals surface area contributed by atoms with Gasteiger partial charge in [-0.05, 0) is 26.7 Å². The summed E-state index contributed by atoms with van der Waals surface area (Å²) < 4.78 is 45.8. The standard InChI is InChI=1S/C19H30O9S.Na.H/c1-6-7-9-19(12-27-16(20)14(2)3,13-28-17(21)15(4)5)18(22)26-10-8-11-29(23,24)25;;/h2,4,6-13H2,1,3,5H3,(H,23,24,25);;. The van der Waals surface area contributed by atoms with Crippen molar-refractivity contribution in [2.75, 3.05) is 25.6 Å². The molecule has 0 atom stereocenters. The summed E-state index contributed by atoms with van der Waals surface area (Å²) in [5.41, 5.74) is -1.20. The molecule has 0 unspecified atom stereocenters. The van der Waals surface area contributed by atoms with Gasteiger partial charge in [0.1, 0.15) is 18.6 Å². The third-order valence-electron chi connectivity index (χ3n) is 3.88. The first-order valence-electron chi connectivity index (χ1n) is 9.12. The molecule has 0 heterocycles. The number of rotatable bonds is 14. The average molecular weight is 459 g/mol. The van der Waals surface area contributed by atoms with Gasteiger partial charge in [0.05, 0.1) is 12.4 Å². The molecule has 0 aliphatic heterocycles. The van der Waals surface area contributed by atoms with E-state index in [0.29, 0.717) is 12.8 Å². The van der Waals surface area contributed by atoms with E-state index >= 15 is 0 Å². The zero-order valence-corrected chi connectivity index (χ0v) is 18.0. The van der Waals surface area contributed by atoms with Crippen LogP contribution in [0.2, 0.25) is 0 Å². The Morgan fingerprint density at radius 1 is 0.933 bits per heavy atom. The molecule has 0 aromatic carbocycles. The fourth-order valence-corrected chi connectivity index (χ4v) is 2.62. The van der Waals surface area contributed by atoms with Crippen molar-refractivity contribution in [2.24, 2.45) is 5.41 Å². The third kappa shape index (κ3) is 12.5. The van der Waals surface area contributed by atoms with Crippen LogP contribution < -0.4 is 0 Å². The van der Waals surface area contributed by atoms with Crippen LogP contribution in [0.4, 0.5) is 0 Å². The van der Waals surface area contributed by atoms with Crippen LogP contribution in [-0.2, 0) is 38.7 Å². The first-order chi connectivity index (χ1) is 13.3. The second-order valence-corrected chi connectivity index (χ2v) is 8.44. The molecule has 0 radical (unpaired) electrons. The Bertz CT molecular complexity index is 698. The van der Waals surface area contributed by atoms with Gasteiger partial charge >= 0.3 is 47.5 Å². The normalized spacial score (nSPS) is 11.1. The second kappa shape index (κ2) is 14.7. The van der Waals surface area contributed by atoms with Gasteiger partial charge in [0, 0.05) is 11.1 Å². The molecule has 0 saturated heterocycles. The van der Waals surface area contributed by atoms with Gasteiger partial charge in [-0.2, -0.15) is 8.42 Å². The SMILES string of the molecule is C=C(C)C(=O)OCC(CCCC)(COC(=O)C(=C)C)C(=O)OCCCS(=O)(=O)O.[NaH]. The summed E-state index contributed by atoms with van der Waals surface area (Å²) in [4.78, 5) is 36.4. The Labute approximate surface area is 200 Å². The predicted octanol–water partition coefficient (Wildman–Crippen LogP) is 1.57. The molecule has 0 spiro atoms. The summed E-state index contributed by atoms with van der Waals surface area (Å²) in [6.07, 6.45) is 1.34. The Kier molecular flexibility index (Phi) is 15.2. The molecule has 0 bridgehead atoms. The van der Waals surface area contributed by atoms with Gasteiger partial charge in [-0.3, -0.25) is 9.35 Å². The summed E-state index contributed by atoms with van der Waals surface area (Å²) in [5, 5.41) is 0. The van der Waals surface area contributed by atoms with Crippen molar-refractivity contribution >= 4 is 57.6 Å².